The number of aliphatic hydroxyl groups excluding tert-OH is 1. The molecule has 3 nitrogen and oxygen atoms in total. The number of nitrogens with one attached hydrogen (secondary N) is 1. The lowest BCUT2D eigenvalue weighted by molar-refractivity contribution is 0.0661. The number of hydrogen-bond acceptors (Lipinski definition) is 2. The number of aliphatic hydroxyl groups is 1. The smallest absolute Gasteiger partial charge is 0.254 e. The van der Waals surface area contributed by atoms with Crippen LogP contribution in [0, 0.1) is 23.4 Å². The van der Waals surface area contributed by atoms with Crippen LogP contribution in [-0.2, 0) is 0 Å². The molecule has 110 valence electrons. The van der Waals surface area contributed by atoms with Gasteiger partial charge in [0.05, 0.1) is 11.7 Å². The topological polar surface area (TPSA) is 49.3 Å². The molecule has 2 rings (SSSR count). The second-order valence-electron chi connectivity index (χ2n) is 5.04. The van der Waals surface area contributed by atoms with Crippen LogP contribution in [-0.4, -0.2) is 23.7 Å². The first-order valence-corrected chi connectivity index (χ1v) is 6.60. The molecule has 0 aliphatic heterocycles. The van der Waals surface area contributed by atoms with Crippen molar-refractivity contribution in [1.82, 2.24) is 5.32 Å². The standard InChI is InChI=1S/C14H16F3NO2/c15-10-6-5-9(12(16)13(10)17)14(20)18-7-8-3-1-2-4-11(8)19/h5-6,8,11,19H,1-4,7H2,(H,18,20). The summed E-state index contributed by atoms with van der Waals surface area (Å²) in [6.45, 7) is 0.193. The predicted molar refractivity (Wildman–Crippen MR) is 66.6 cm³/mol. The van der Waals surface area contributed by atoms with Crippen LogP contribution in [0.15, 0.2) is 12.1 Å². The van der Waals surface area contributed by atoms with E-state index >= 15 is 0 Å². The van der Waals surface area contributed by atoms with Gasteiger partial charge in [-0.2, -0.15) is 0 Å². The maximum absolute atomic E-state index is 13.4. The van der Waals surface area contributed by atoms with E-state index in [2.05, 4.69) is 5.32 Å². The maximum atomic E-state index is 13.4. The Labute approximate surface area is 114 Å². The lowest BCUT2D eigenvalue weighted by Gasteiger charge is -2.27. The molecule has 2 atom stereocenters. The van der Waals surface area contributed by atoms with E-state index in [0.29, 0.717) is 12.5 Å². The molecule has 1 aromatic rings. The zero-order valence-electron chi connectivity index (χ0n) is 10.8. The summed E-state index contributed by atoms with van der Waals surface area (Å²) in [5, 5.41) is 12.2. The quantitative estimate of drug-likeness (QED) is 0.839. The average Bonchev–Trinajstić information content (AvgIpc) is 2.44. The maximum Gasteiger partial charge on any atom is 0.254 e. The minimum Gasteiger partial charge on any atom is -0.393 e. The molecule has 6 heteroatoms. The largest absolute Gasteiger partial charge is 0.393 e. The van der Waals surface area contributed by atoms with Gasteiger partial charge >= 0.3 is 0 Å². The van der Waals surface area contributed by atoms with Crippen LogP contribution < -0.4 is 5.32 Å². The van der Waals surface area contributed by atoms with E-state index in [1.807, 2.05) is 0 Å². The Morgan fingerprint density at radius 3 is 2.60 bits per heavy atom. The van der Waals surface area contributed by atoms with Crippen molar-refractivity contribution in [3.8, 4) is 0 Å². The van der Waals surface area contributed by atoms with Gasteiger partial charge in [-0.1, -0.05) is 12.8 Å². The van der Waals surface area contributed by atoms with E-state index in [1.165, 1.54) is 0 Å². The first-order chi connectivity index (χ1) is 9.50. The molecule has 0 heterocycles. The summed E-state index contributed by atoms with van der Waals surface area (Å²) >= 11 is 0. The van der Waals surface area contributed by atoms with Gasteiger partial charge in [-0.15, -0.1) is 0 Å². The first kappa shape index (κ1) is 14.8. The monoisotopic (exact) mass is 287 g/mol. The lowest BCUT2D eigenvalue weighted by Crippen LogP contribution is -2.37. The summed E-state index contributed by atoms with van der Waals surface area (Å²) in [6.07, 6.45) is 2.89. The Morgan fingerprint density at radius 1 is 1.20 bits per heavy atom. The summed E-state index contributed by atoms with van der Waals surface area (Å²) in [4.78, 5) is 11.8. The number of rotatable bonds is 3. The fourth-order valence-corrected chi connectivity index (χ4v) is 2.45. The van der Waals surface area contributed by atoms with Crippen LogP contribution in [0.2, 0.25) is 0 Å². The number of benzene rings is 1. The summed E-state index contributed by atoms with van der Waals surface area (Å²) in [5.41, 5.74) is -0.533. The second kappa shape index (κ2) is 6.26. The Hall–Kier alpha value is -1.56. The van der Waals surface area contributed by atoms with Crippen LogP contribution in [0.3, 0.4) is 0 Å². The van der Waals surface area contributed by atoms with E-state index in [4.69, 9.17) is 0 Å². The average molecular weight is 287 g/mol. The van der Waals surface area contributed by atoms with Crippen LogP contribution in [0.4, 0.5) is 13.2 Å². The predicted octanol–water partition coefficient (Wildman–Crippen LogP) is 2.38. The molecule has 1 aliphatic rings. The molecule has 0 radical (unpaired) electrons. The lowest BCUT2D eigenvalue weighted by atomic mass is 9.86. The van der Waals surface area contributed by atoms with E-state index in [1.54, 1.807) is 0 Å². The van der Waals surface area contributed by atoms with Gasteiger partial charge < -0.3 is 10.4 Å². The number of carbonyl (C=O) groups excluding carboxylic acids is 1. The van der Waals surface area contributed by atoms with Gasteiger partial charge in [0.2, 0.25) is 0 Å². The molecule has 1 aromatic carbocycles. The molecule has 1 saturated carbocycles. The van der Waals surface area contributed by atoms with E-state index in [9.17, 15) is 23.1 Å². The Morgan fingerprint density at radius 2 is 1.90 bits per heavy atom. The zero-order valence-corrected chi connectivity index (χ0v) is 10.8. The summed E-state index contributed by atoms with van der Waals surface area (Å²) in [6, 6.07) is 1.61. The number of carbonyl (C=O) groups is 1. The van der Waals surface area contributed by atoms with Gasteiger partial charge in [0.25, 0.3) is 5.91 Å². The van der Waals surface area contributed by atoms with Crippen molar-refractivity contribution >= 4 is 5.91 Å². The van der Waals surface area contributed by atoms with Gasteiger partial charge in [-0.3, -0.25) is 4.79 Å². The van der Waals surface area contributed by atoms with Crippen molar-refractivity contribution in [2.75, 3.05) is 6.54 Å². The highest BCUT2D eigenvalue weighted by molar-refractivity contribution is 5.94. The molecule has 0 saturated heterocycles. The highest BCUT2D eigenvalue weighted by Crippen LogP contribution is 2.23. The Kier molecular flexibility index (Phi) is 4.65. The van der Waals surface area contributed by atoms with Gasteiger partial charge in [0.1, 0.15) is 0 Å². The molecule has 2 unspecified atom stereocenters. The Balaban J connectivity index is 2.00. The third kappa shape index (κ3) is 3.12. The minimum atomic E-state index is -1.66. The third-order valence-electron chi connectivity index (χ3n) is 3.67. The summed E-state index contributed by atoms with van der Waals surface area (Å²) < 4.78 is 39.2. The van der Waals surface area contributed by atoms with Crippen LogP contribution in [0.1, 0.15) is 36.0 Å². The van der Waals surface area contributed by atoms with Crippen LogP contribution in [0.25, 0.3) is 0 Å². The number of halogens is 3. The van der Waals surface area contributed by atoms with Crippen molar-refractivity contribution in [1.29, 1.82) is 0 Å². The number of hydrogen-bond donors (Lipinski definition) is 2. The van der Waals surface area contributed by atoms with E-state index in [0.717, 1.165) is 25.3 Å². The molecule has 0 aromatic heterocycles. The minimum absolute atomic E-state index is 0.0824. The fourth-order valence-electron chi connectivity index (χ4n) is 2.45. The van der Waals surface area contributed by atoms with Gasteiger partial charge in [0.15, 0.2) is 17.5 Å². The molecule has 0 bridgehead atoms. The van der Waals surface area contributed by atoms with Gasteiger partial charge in [0, 0.05) is 12.5 Å². The van der Waals surface area contributed by atoms with E-state index < -0.39 is 35.0 Å². The highest BCUT2D eigenvalue weighted by Gasteiger charge is 2.24. The molecule has 1 aliphatic carbocycles. The molecule has 0 spiro atoms. The van der Waals surface area contributed by atoms with Crippen molar-refractivity contribution in [3.05, 3.63) is 35.1 Å². The highest BCUT2D eigenvalue weighted by atomic mass is 19.2. The van der Waals surface area contributed by atoms with Crippen molar-refractivity contribution in [2.45, 2.75) is 31.8 Å². The van der Waals surface area contributed by atoms with Gasteiger partial charge in [-0.25, -0.2) is 13.2 Å². The molecule has 20 heavy (non-hydrogen) atoms. The molecule has 2 N–H and O–H groups in total. The van der Waals surface area contributed by atoms with Crippen LogP contribution >= 0.6 is 0 Å². The van der Waals surface area contributed by atoms with Crippen LogP contribution in [0.5, 0.6) is 0 Å². The molecular formula is C14H16F3NO2. The SMILES string of the molecule is O=C(NCC1CCCCC1O)c1ccc(F)c(F)c1F. The normalized spacial score (nSPS) is 22.6. The second-order valence-corrected chi connectivity index (χ2v) is 5.04. The molecule has 1 fully saturated rings. The summed E-state index contributed by atoms with van der Waals surface area (Å²) in [5.74, 6) is -5.37. The number of amides is 1. The summed E-state index contributed by atoms with van der Waals surface area (Å²) in [7, 11) is 0. The van der Waals surface area contributed by atoms with Gasteiger partial charge in [-0.05, 0) is 25.0 Å². The first-order valence-electron chi connectivity index (χ1n) is 6.60. The van der Waals surface area contributed by atoms with Crippen molar-refractivity contribution in [2.24, 2.45) is 5.92 Å². The van der Waals surface area contributed by atoms with E-state index in [-0.39, 0.29) is 12.5 Å². The third-order valence-corrected chi connectivity index (χ3v) is 3.67. The Bertz CT molecular complexity index is 507. The fraction of sp³-hybridized carbons (Fsp3) is 0.500. The molecular weight excluding hydrogens is 271 g/mol. The molecule has 1 amide bonds. The van der Waals surface area contributed by atoms with Crippen molar-refractivity contribution < 1.29 is 23.1 Å². The zero-order chi connectivity index (χ0) is 14.7. The van der Waals surface area contributed by atoms with Crippen molar-refractivity contribution in [3.63, 3.8) is 0 Å².